The van der Waals surface area contributed by atoms with E-state index in [1.165, 1.54) is 23.5 Å². The van der Waals surface area contributed by atoms with Crippen LogP contribution in [0.5, 0.6) is 0 Å². The van der Waals surface area contributed by atoms with Crippen molar-refractivity contribution in [1.29, 1.82) is 0 Å². The fourth-order valence-corrected chi connectivity index (χ4v) is 5.05. The largest absolute Gasteiger partial charge is 0.321 e. The first kappa shape index (κ1) is 18.8. The Kier molecular flexibility index (Phi) is 5.01. The second kappa shape index (κ2) is 7.46. The van der Waals surface area contributed by atoms with Gasteiger partial charge in [-0.15, -0.1) is 11.3 Å². The number of carbonyl (C=O) groups is 1. The molecular formula is C20H19N3O3S2. The van der Waals surface area contributed by atoms with Crippen LogP contribution in [0, 0.1) is 6.92 Å². The molecule has 2 aromatic carbocycles. The van der Waals surface area contributed by atoms with E-state index in [2.05, 4.69) is 15.0 Å². The zero-order chi connectivity index (χ0) is 19.7. The Labute approximate surface area is 167 Å². The van der Waals surface area contributed by atoms with Gasteiger partial charge in [0.25, 0.3) is 5.91 Å². The summed E-state index contributed by atoms with van der Waals surface area (Å²) in [7, 11) is -3.57. The van der Waals surface area contributed by atoms with Crippen LogP contribution in [-0.4, -0.2) is 25.4 Å². The van der Waals surface area contributed by atoms with E-state index < -0.39 is 10.0 Å². The van der Waals surface area contributed by atoms with Gasteiger partial charge in [-0.2, -0.15) is 0 Å². The first-order valence-corrected chi connectivity index (χ1v) is 11.2. The van der Waals surface area contributed by atoms with Crippen LogP contribution >= 0.6 is 11.3 Å². The molecular weight excluding hydrogens is 394 g/mol. The summed E-state index contributed by atoms with van der Waals surface area (Å²) in [6.45, 7) is 1.79. The lowest BCUT2D eigenvalue weighted by atomic mass is 10.2. The van der Waals surface area contributed by atoms with E-state index in [9.17, 15) is 13.2 Å². The van der Waals surface area contributed by atoms with E-state index in [0.717, 1.165) is 23.4 Å². The van der Waals surface area contributed by atoms with Gasteiger partial charge in [0, 0.05) is 17.3 Å². The molecule has 1 aliphatic rings. The van der Waals surface area contributed by atoms with Gasteiger partial charge >= 0.3 is 0 Å². The van der Waals surface area contributed by atoms with Crippen LogP contribution in [0.4, 0.5) is 5.69 Å². The number of carbonyl (C=O) groups excluding carboxylic acids is 1. The van der Waals surface area contributed by atoms with E-state index in [4.69, 9.17) is 0 Å². The Morgan fingerprint density at radius 2 is 1.86 bits per heavy atom. The molecule has 2 N–H and O–H groups in total. The minimum absolute atomic E-state index is 0.0273. The van der Waals surface area contributed by atoms with Crippen molar-refractivity contribution in [2.75, 3.05) is 5.32 Å². The topological polar surface area (TPSA) is 88.2 Å². The standard InChI is InChI=1S/C20H19N3O3S2/c1-13-18(27-20(21-13)14-6-3-2-4-7-14)19(24)22-16-8-5-9-17(12-16)28(25,26)23-15-10-11-15/h2-9,12,15,23H,10-11H2,1H3,(H,22,24). The molecule has 1 saturated carbocycles. The molecule has 1 aromatic heterocycles. The van der Waals surface area contributed by atoms with Crippen LogP contribution in [0.25, 0.3) is 10.6 Å². The first-order valence-electron chi connectivity index (χ1n) is 8.89. The lowest BCUT2D eigenvalue weighted by Gasteiger charge is -2.08. The van der Waals surface area contributed by atoms with E-state index >= 15 is 0 Å². The van der Waals surface area contributed by atoms with Crippen LogP contribution in [0.2, 0.25) is 0 Å². The number of thiazole rings is 1. The van der Waals surface area contributed by atoms with Crippen molar-refractivity contribution in [2.24, 2.45) is 0 Å². The number of sulfonamides is 1. The molecule has 3 aromatic rings. The molecule has 4 rings (SSSR count). The summed E-state index contributed by atoms with van der Waals surface area (Å²) in [4.78, 5) is 17.9. The maximum atomic E-state index is 12.7. The Morgan fingerprint density at radius 3 is 2.57 bits per heavy atom. The summed E-state index contributed by atoms with van der Waals surface area (Å²) in [5.74, 6) is -0.304. The second-order valence-electron chi connectivity index (χ2n) is 6.68. The third kappa shape index (κ3) is 4.14. The molecule has 0 saturated heterocycles. The van der Waals surface area contributed by atoms with Crippen molar-refractivity contribution < 1.29 is 13.2 Å². The Balaban J connectivity index is 1.54. The highest BCUT2D eigenvalue weighted by Gasteiger charge is 2.28. The fraction of sp³-hybridized carbons (Fsp3) is 0.200. The Bertz CT molecular complexity index is 1120. The van der Waals surface area contributed by atoms with Crippen molar-refractivity contribution in [3.8, 4) is 10.6 Å². The maximum absolute atomic E-state index is 12.7. The number of aryl methyl sites for hydroxylation is 1. The summed E-state index contributed by atoms with van der Waals surface area (Å²) >= 11 is 1.31. The number of nitrogens with one attached hydrogen (secondary N) is 2. The normalized spacial score (nSPS) is 14.0. The highest BCUT2D eigenvalue weighted by molar-refractivity contribution is 7.89. The van der Waals surface area contributed by atoms with Crippen molar-refractivity contribution in [2.45, 2.75) is 30.7 Å². The predicted molar refractivity (Wildman–Crippen MR) is 110 cm³/mol. The molecule has 6 nitrogen and oxygen atoms in total. The molecule has 1 heterocycles. The highest BCUT2D eigenvalue weighted by atomic mass is 32.2. The molecule has 8 heteroatoms. The van der Waals surface area contributed by atoms with Gasteiger partial charge < -0.3 is 5.32 Å². The van der Waals surface area contributed by atoms with Crippen molar-refractivity contribution in [3.63, 3.8) is 0 Å². The van der Waals surface area contributed by atoms with Gasteiger partial charge in [-0.25, -0.2) is 18.1 Å². The SMILES string of the molecule is Cc1nc(-c2ccccc2)sc1C(=O)Nc1cccc(S(=O)(=O)NC2CC2)c1. The summed E-state index contributed by atoms with van der Waals surface area (Å²) in [6.07, 6.45) is 1.73. The van der Waals surface area contributed by atoms with Crippen LogP contribution in [0.1, 0.15) is 28.2 Å². The van der Waals surface area contributed by atoms with Gasteiger partial charge in [-0.3, -0.25) is 4.79 Å². The zero-order valence-corrected chi connectivity index (χ0v) is 16.8. The third-order valence-corrected chi connectivity index (χ3v) is 7.05. The molecule has 1 fully saturated rings. The van der Waals surface area contributed by atoms with Gasteiger partial charge in [0.15, 0.2) is 0 Å². The Morgan fingerprint density at radius 1 is 1.11 bits per heavy atom. The number of hydrogen-bond acceptors (Lipinski definition) is 5. The molecule has 1 amide bonds. The Hall–Kier alpha value is -2.55. The molecule has 0 radical (unpaired) electrons. The smallest absolute Gasteiger partial charge is 0.267 e. The minimum atomic E-state index is -3.57. The summed E-state index contributed by atoms with van der Waals surface area (Å²) in [5.41, 5.74) is 2.02. The number of amides is 1. The summed E-state index contributed by atoms with van der Waals surface area (Å²) in [6, 6.07) is 16.0. The average Bonchev–Trinajstić information content (AvgIpc) is 3.40. The van der Waals surface area contributed by atoms with Crippen LogP contribution in [0.15, 0.2) is 59.5 Å². The monoisotopic (exact) mass is 413 g/mol. The number of nitrogens with zero attached hydrogens (tertiary/aromatic N) is 1. The summed E-state index contributed by atoms with van der Waals surface area (Å²) < 4.78 is 27.4. The molecule has 0 aliphatic heterocycles. The molecule has 0 unspecified atom stereocenters. The van der Waals surface area contributed by atoms with Gasteiger partial charge in [0.2, 0.25) is 10.0 Å². The van der Waals surface area contributed by atoms with Crippen LogP contribution in [-0.2, 0) is 10.0 Å². The molecule has 1 aliphatic carbocycles. The molecule has 0 bridgehead atoms. The van der Waals surface area contributed by atoms with Gasteiger partial charge in [-0.05, 0) is 38.0 Å². The van der Waals surface area contributed by atoms with Crippen molar-refractivity contribution in [1.82, 2.24) is 9.71 Å². The van der Waals surface area contributed by atoms with Crippen molar-refractivity contribution in [3.05, 3.63) is 65.2 Å². The van der Waals surface area contributed by atoms with E-state index in [-0.39, 0.29) is 16.8 Å². The second-order valence-corrected chi connectivity index (χ2v) is 9.39. The van der Waals surface area contributed by atoms with Crippen LogP contribution < -0.4 is 10.0 Å². The summed E-state index contributed by atoms with van der Waals surface area (Å²) in [5, 5.41) is 3.56. The quantitative estimate of drug-likeness (QED) is 0.643. The van der Waals surface area contributed by atoms with Gasteiger partial charge in [0.05, 0.1) is 10.6 Å². The first-order chi connectivity index (χ1) is 13.4. The van der Waals surface area contributed by atoms with Crippen LogP contribution in [0.3, 0.4) is 0 Å². The van der Waals surface area contributed by atoms with E-state index in [1.54, 1.807) is 19.1 Å². The maximum Gasteiger partial charge on any atom is 0.267 e. The minimum Gasteiger partial charge on any atom is -0.321 e. The third-order valence-electron chi connectivity index (χ3n) is 4.32. The van der Waals surface area contributed by atoms with E-state index in [0.29, 0.717) is 16.3 Å². The van der Waals surface area contributed by atoms with Crippen molar-refractivity contribution >= 4 is 33.0 Å². The van der Waals surface area contributed by atoms with Gasteiger partial charge in [-0.1, -0.05) is 36.4 Å². The number of anilines is 1. The zero-order valence-electron chi connectivity index (χ0n) is 15.2. The lowest BCUT2D eigenvalue weighted by Crippen LogP contribution is -2.25. The molecule has 0 atom stereocenters. The number of aromatic nitrogens is 1. The van der Waals surface area contributed by atoms with Gasteiger partial charge in [0.1, 0.15) is 9.88 Å². The predicted octanol–water partition coefficient (Wildman–Crippen LogP) is 3.81. The fourth-order valence-electron chi connectivity index (χ4n) is 2.73. The molecule has 28 heavy (non-hydrogen) atoms. The number of benzene rings is 2. The average molecular weight is 414 g/mol. The molecule has 0 spiro atoms. The highest BCUT2D eigenvalue weighted by Crippen LogP contribution is 2.29. The number of rotatable bonds is 6. The number of hydrogen-bond donors (Lipinski definition) is 2. The lowest BCUT2D eigenvalue weighted by molar-refractivity contribution is 0.102. The molecule has 144 valence electrons. The van der Waals surface area contributed by atoms with E-state index in [1.807, 2.05) is 30.3 Å².